The van der Waals surface area contributed by atoms with Gasteiger partial charge >= 0.3 is 11.7 Å². The Kier molecular flexibility index (Phi) is 5.89. The van der Waals surface area contributed by atoms with Gasteiger partial charge in [-0.05, 0) is 17.7 Å². The van der Waals surface area contributed by atoms with Gasteiger partial charge in [-0.2, -0.15) is 0 Å². The molecule has 9 heteroatoms. The third-order valence-corrected chi connectivity index (χ3v) is 4.52. The summed E-state index contributed by atoms with van der Waals surface area (Å²) in [5.41, 5.74) is -0.462. The minimum absolute atomic E-state index is 0.0221. The van der Waals surface area contributed by atoms with Gasteiger partial charge in [0.1, 0.15) is 12.1 Å². The van der Waals surface area contributed by atoms with E-state index in [9.17, 15) is 24.3 Å². The standard InChI is InChI=1S/C20H19N3O6/c24-11-15(19(27)28)21-17(25)16(10-12-6-2-1-3-7-12)23-18(26)13-8-4-5-9-14(13)22-20(23)29/h1-9,15-16,24H,10-11H2,(H,21,25)(H,22,29)(H,27,28)/t15-,16-/m0/s1. The van der Waals surface area contributed by atoms with E-state index in [1.54, 1.807) is 48.5 Å². The van der Waals surface area contributed by atoms with Crippen molar-refractivity contribution in [1.29, 1.82) is 0 Å². The molecule has 1 aromatic heterocycles. The summed E-state index contributed by atoms with van der Waals surface area (Å²) in [6, 6.07) is 12.2. The van der Waals surface area contributed by atoms with Crippen molar-refractivity contribution >= 4 is 22.8 Å². The fraction of sp³-hybridized carbons (Fsp3) is 0.200. The summed E-state index contributed by atoms with van der Waals surface area (Å²) in [7, 11) is 0. The Morgan fingerprint density at radius 1 is 1.03 bits per heavy atom. The number of carbonyl (C=O) groups excluding carboxylic acids is 1. The normalized spacial score (nSPS) is 13.0. The second kappa shape index (κ2) is 8.53. The quantitative estimate of drug-likeness (QED) is 0.443. The van der Waals surface area contributed by atoms with Gasteiger partial charge < -0.3 is 20.5 Å². The number of carboxylic acids is 1. The van der Waals surface area contributed by atoms with E-state index < -0.39 is 41.8 Å². The summed E-state index contributed by atoms with van der Waals surface area (Å²) >= 11 is 0. The smallest absolute Gasteiger partial charge is 0.329 e. The topological polar surface area (TPSA) is 141 Å². The Bertz CT molecular complexity index is 1150. The molecule has 0 aliphatic rings. The number of hydrogen-bond acceptors (Lipinski definition) is 5. The molecule has 1 heterocycles. The maximum absolute atomic E-state index is 13.0. The van der Waals surface area contributed by atoms with Crippen LogP contribution in [-0.4, -0.2) is 44.3 Å². The monoisotopic (exact) mass is 397 g/mol. The zero-order chi connectivity index (χ0) is 21.0. The number of fused-ring (bicyclic) bond motifs is 1. The average Bonchev–Trinajstić information content (AvgIpc) is 2.71. The number of para-hydroxylation sites is 1. The van der Waals surface area contributed by atoms with Crippen LogP contribution in [0.4, 0.5) is 0 Å². The molecule has 29 heavy (non-hydrogen) atoms. The van der Waals surface area contributed by atoms with Crippen molar-refractivity contribution in [1.82, 2.24) is 14.9 Å². The molecule has 0 aliphatic carbocycles. The second-order valence-corrected chi connectivity index (χ2v) is 6.44. The van der Waals surface area contributed by atoms with E-state index in [2.05, 4.69) is 10.3 Å². The molecule has 0 saturated heterocycles. The molecule has 0 bridgehead atoms. The number of aromatic amines is 1. The molecule has 0 saturated carbocycles. The van der Waals surface area contributed by atoms with Crippen molar-refractivity contribution in [3.63, 3.8) is 0 Å². The number of hydrogen-bond donors (Lipinski definition) is 4. The van der Waals surface area contributed by atoms with Gasteiger partial charge in [0.25, 0.3) is 5.56 Å². The van der Waals surface area contributed by atoms with Crippen LogP contribution in [0.15, 0.2) is 64.2 Å². The van der Waals surface area contributed by atoms with Gasteiger partial charge in [-0.1, -0.05) is 42.5 Å². The maximum atomic E-state index is 13.0. The summed E-state index contributed by atoms with van der Waals surface area (Å²) in [4.78, 5) is 52.2. The first kappa shape index (κ1) is 20.0. The number of aromatic nitrogens is 2. The van der Waals surface area contributed by atoms with Crippen molar-refractivity contribution in [2.45, 2.75) is 18.5 Å². The second-order valence-electron chi connectivity index (χ2n) is 6.44. The molecule has 0 aliphatic heterocycles. The van der Waals surface area contributed by atoms with Crippen LogP contribution in [0.5, 0.6) is 0 Å². The predicted molar refractivity (Wildman–Crippen MR) is 105 cm³/mol. The average molecular weight is 397 g/mol. The summed E-state index contributed by atoms with van der Waals surface area (Å²) in [5.74, 6) is -2.29. The number of nitrogens with one attached hydrogen (secondary N) is 2. The number of H-pyrrole nitrogens is 1. The predicted octanol–water partition coefficient (Wildman–Crippen LogP) is 0.0353. The van der Waals surface area contributed by atoms with Crippen molar-refractivity contribution in [3.05, 3.63) is 81.0 Å². The highest BCUT2D eigenvalue weighted by Gasteiger charge is 2.29. The molecular weight excluding hydrogens is 378 g/mol. The molecule has 3 rings (SSSR count). The van der Waals surface area contributed by atoms with E-state index in [1.165, 1.54) is 6.07 Å². The highest BCUT2D eigenvalue weighted by atomic mass is 16.4. The highest BCUT2D eigenvalue weighted by Crippen LogP contribution is 2.14. The maximum Gasteiger partial charge on any atom is 0.329 e. The first-order chi connectivity index (χ1) is 13.9. The minimum atomic E-state index is -1.56. The zero-order valence-electron chi connectivity index (χ0n) is 15.2. The lowest BCUT2D eigenvalue weighted by atomic mass is 10.0. The van der Waals surface area contributed by atoms with Crippen LogP contribution in [0.25, 0.3) is 10.9 Å². The van der Waals surface area contributed by atoms with Crippen LogP contribution in [0.2, 0.25) is 0 Å². The van der Waals surface area contributed by atoms with E-state index in [0.29, 0.717) is 11.1 Å². The number of benzene rings is 2. The number of carboxylic acid groups (broad SMARTS) is 1. The molecule has 4 N–H and O–H groups in total. The number of aliphatic hydroxyl groups is 1. The number of carbonyl (C=O) groups is 2. The molecule has 0 radical (unpaired) electrons. The van der Waals surface area contributed by atoms with Crippen LogP contribution < -0.4 is 16.6 Å². The van der Waals surface area contributed by atoms with Crippen molar-refractivity contribution in [2.75, 3.05) is 6.61 Å². The van der Waals surface area contributed by atoms with Crippen LogP contribution >= 0.6 is 0 Å². The van der Waals surface area contributed by atoms with Gasteiger partial charge in [-0.15, -0.1) is 0 Å². The van der Waals surface area contributed by atoms with E-state index in [4.69, 9.17) is 5.11 Å². The van der Waals surface area contributed by atoms with Crippen LogP contribution in [-0.2, 0) is 16.0 Å². The zero-order valence-corrected chi connectivity index (χ0v) is 15.2. The third kappa shape index (κ3) is 4.25. The van der Waals surface area contributed by atoms with Gasteiger partial charge in [0.15, 0.2) is 0 Å². The van der Waals surface area contributed by atoms with E-state index in [0.717, 1.165) is 4.57 Å². The summed E-state index contributed by atoms with van der Waals surface area (Å²) in [6.07, 6.45) is -0.0221. The summed E-state index contributed by atoms with van der Waals surface area (Å²) < 4.78 is 0.779. The number of aliphatic carboxylic acids is 1. The lowest BCUT2D eigenvalue weighted by Crippen LogP contribution is -2.50. The van der Waals surface area contributed by atoms with Crippen molar-refractivity contribution in [3.8, 4) is 0 Å². The molecule has 9 nitrogen and oxygen atoms in total. The van der Waals surface area contributed by atoms with Crippen molar-refractivity contribution in [2.24, 2.45) is 0 Å². The van der Waals surface area contributed by atoms with E-state index in [-0.39, 0.29) is 11.8 Å². The number of nitrogens with zero attached hydrogens (tertiary/aromatic N) is 1. The van der Waals surface area contributed by atoms with Gasteiger partial charge in [0.2, 0.25) is 5.91 Å². The molecule has 0 spiro atoms. The van der Waals surface area contributed by atoms with Gasteiger partial charge in [-0.3, -0.25) is 9.59 Å². The molecule has 0 fully saturated rings. The highest BCUT2D eigenvalue weighted by molar-refractivity contribution is 5.86. The molecule has 150 valence electrons. The Morgan fingerprint density at radius 2 is 1.69 bits per heavy atom. The molecule has 3 aromatic rings. The first-order valence-corrected chi connectivity index (χ1v) is 8.84. The van der Waals surface area contributed by atoms with Gasteiger partial charge in [-0.25, -0.2) is 14.2 Å². The molecule has 2 atom stereocenters. The Morgan fingerprint density at radius 3 is 2.34 bits per heavy atom. The number of rotatable bonds is 7. The lowest BCUT2D eigenvalue weighted by molar-refractivity contribution is -0.143. The van der Waals surface area contributed by atoms with Gasteiger partial charge in [0.05, 0.1) is 17.5 Å². The molecule has 2 aromatic carbocycles. The summed E-state index contributed by atoms with van der Waals surface area (Å²) in [6.45, 7) is -0.831. The number of amides is 1. The van der Waals surface area contributed by atoms with Crippen LogP contribution in [0, 0.1) is 0 Å². The molecule has 1 amide bonds. The molecule has 0 unspecified atom stereocenters. The lowest BCUT2D eigenvalue weighted by Gasteiger charge is -2.21. The number of aliphatic hydroxyl groups excluding tert-OH is 1. The summed E-state index contributed by atoms with van der Waals surface area (Å²) in [5, 5.41) is 20.7. The van der Waals surface area contributed by atoms with E-state index >= 15 is 0 Å². The Labute approximate surface area is 164 Å². The third-order valence-electron chi connectivity index (χ3n) is 4.52. The SMILES string of the molecule is O=C(O)[C@H](CO)NC(=O)[C@H](Cc1ccccc1)n1c(=O)[nH]c2ccccc2c1=O. The van der Waals surface area contributed by atoms with Crippen molar-refractivity contribution < 1.29 is 19.8 Å². The fourth-order valence-electron chi connectivity index (χ4n) is 3.05. The van der Waals surface area contributed by atoms with Crippen LogP contribution in [0.1, 0.15) is 11.6 Å². The molecular formula is C20H19N3O6. The Hall–Kier alpha value is -3.72. The first-order valence-electron chi connectivity index (χ1n) is 8.84. The minimum Gasteiger partial charge on any atom is -0.480 e. The Balaban J connectivity index is 2.11. The largest absolute Gasteiger partial charge is 0.480 e. The van der Waals surface area contributed by atoms with Crippen LogP contribution in [0.3, 0.4) is 0 Å². The fourth-order valence-corrected chi connectivity index (χ4v) is 3.05. The van der Waals surface area contributed by atoms with E-state index in [1.807, 2.05) is 0 Å². The van der Waals surface area contributed by atoms with Gasteiger partial charge in [0, 0.05) is 6.42 Å².